The third-order valence-corrected chi connectivity index (χ3v) is 4.02. The minimum atomic E-state index is 0.150. The molecule has 0 fully saturated rings. The van der Waals surface area contributed by atoms with E-state index < -0.39 is 0 Å². The summed E-state index contributed by atoms with van der Waals surface area (Å²) < 4.78 is 0. The molecule has 2 rings (SSSR count). The molecule has 0 N–H and O–H groups in total. The van der Waals surface area contributed by atoms with Crippen LogP contribution in [0, 0.1) is 0 Å². The number of aliphatic imine (C=N–C) groups is 1. The Bertz CT molecular complexity index is 422. The molecule has 2 nitrogen and oxygen atoms in total. The summed E-state index contributed by atoms with van der Waals surface area (Å²) in [6.07, 6.45) is 19.0. The van der Waals surface area contributed by atoms with Crippen molar-refractivity contribution in [1.29, 1.82) is 0 Å². The zero-order valence-electron chi connectivity index (χ0n) is 11.9. The lowest BCUT2D eigenvalue weighted by molar-refractivity contribution is 0.465. The monoisotopic (exact) mass is 256 g/mol. The Kier molecular flexibility index (Phi) is 5.31. The van der Waals surface area contributed by atoms with E-state index in [1.165, 1.54) is 44.1 Å². The molecule has 0 bridgehead atoms. The number of hydrogen-bond acceptors (Lipinski definition) is 2. The topological polar surface area (TPSA) is 25.2 Å². The second-order valence-electron chi connectivity index (χ2n) is 5.41. The van der Waals surface area contributed by atoms with Crippen molar-refractivity contribution in [1.82, 2.24) is 4.98 Å². The van der Waals surface area contributed by atoms with Gasteiger partial charge in [-0.1, -0.05) is 45.1 Å². The fourth-order valence-electron chi connectivity index (χ4n) is 2.80. The van der Waals surface area contributed by atoms with Crippen LogP contribution >= 0.6 is 0 Å². The van der Waals surface area contributed by atoms with Gasteiger partial charge in [-0.3, -0.25) is 9.98 Å². The highest BCUT2D eigenvalue weighted by Gasteiger charge is 2.29. The zero-order valence-corrected chi connectivity index (χ0v) is 11.9. The van der Waals surface area contributed by atoms with Gasteiger partial charge in [0, 0.05) is 30.2 Å². The molecule has 1 aliphatic rings. The van der Waals surface area contributed by atoms with Crippen molar-refractivity contribution in [2.45, 2.75) is 57.3 Å². The third-order valence-electron chi connectivity index (χ3n) is 4.02. The van der Waals surface area contributed by atoms with Crippen molar-refractivity contribution in [2.75, 3.05) is 0 Å². The highest BCUT2D eigenvalue weighted by molar-refractivity contribution is 5.64. The highest BCUT2D eigenvalue weighted by Crippen LogP contribution is 2.36. The van der Waals surface area contributed by atoms with Crippen molar-refractivity contribution < 1.29 is 0 Å². The standard InChI is InChI=1S/C17H24N2/c1-2-3-4-5-6-9-17(10-14-19-15-11-17)16-7-12-18-13-8-16/h7-8,10,12-15H,2-6,9,11H2,1H3. The highest BCUT2D eigenvalue weighted by atomic mass is 14.7. The number of allylic oxidation sites excluding steroid dienone is 1. The largest absolute Gasteiger partial charge is 0.269 e. The van der Waals surface area contributed by atoms with Gasteiger partial charge in [0.1, 0.15) is 0 Å². The van der Waals surface area contributed by atoms with Crippen molar-refractivity contribution in [3.63, 3.8) is 0 Å². The summed E-state index contributed by atoms with van der Waals surface area (Å²) in [5, 5.41) is 0. The fourth-order valence-corrected chi connectivity index (χ4v) is 2.80. The smallest absolute Gasteiger partial charge is 0.0270 e. The summed E-state index contributed by atoms with van der Waals surface area (Å²) in [5.41, 5.74) is 1.53. The molecule has 19 heavy (non-hydrogen) atoms. The number of pyridine rings is 1. The quantitative estimate of drug-likeness (QED) is 0.651. The Morgan fingerprint density at radius 2 is 1.89 bits per heavy atom. The third kappa shape index (κ3) is 3.76. The van der Waals surface area contributed by atoms with E-state index in [0.717, 1.165) is 6.42 Å². The number of nitrogens with zero attached hydrogens (tertiary/aromatic N) is 2. The Hall–Kier alpha value is -1.44. The molecule has 0 amide bonds. The lowest BCUT2D eigenvalue weighted by Crippen LogP contribution is -2.25. The van der Waals surface area contributed by atoms with Crippen molar-refractivity contribution >= 4 is 6.21 Å². The Balaban J connectivity index is 2.00. The van der Waals surface area contributed by atoms with E-state index in [2.05, 4.69) is 35.1 Å². The van der Waals surface area contributed by atoms with Crippen LogP contribution < -0.4 is 0 Å². The molecular weight excluding hydrogens is 232 g/mol. The van der Waals surface area contributed by atoms with Crippen LogP contribution in [0.4, 0.5) is 0 Å². The molecule has 2 heterocycles. The second kappa shape index (κ2) is 7.22. The van der Waals surface area contributed by atoms with E-state index in [0.29, 0.717) is 0 Å². The summed E-state index contributed by atoms with van der Waals surface area (Å²) >= 11 is 0. The van der Waals surface area contributed by atoms with Crippen LogP contribution in [0.15, 0.2) is 41.8 Å². The van der Waals surface area contributed by atoms with Gasteiger partial charge in [-0.2, -0.15) is 0 Å². The predicted molar refractivity (Wildman–Crippen MR) is 81.5 cm³/mol. The average molecular weight is 256 g/mol. The predicted octanol–water partition coefficient (Wildman–Crippen LogP) is 4.67. The number of unbranched alkanes of at least 4 members (excludes halogenated alkanes) is 4. The number of aromatic nitrogens is 1. The molecule has 2 heteroatoms. The van der Waals surface area contributed by atoms with Crippen LogP contribution in [-0.2, 0) is 5.41 Å². The van der Waals surface area contributed by atoms with Gasteiger partial charge in [-0.15, -0.1) is 0 Å². The van der Waals surface area contributed by atoms with Gasteiger partial charge in [0.2, 0.25) is 0 Å². The van der Waals surface area contributed by atoms with E-state index >= 15 is 0 Å². The van der Waals surface area contributed by atoms with E-state index in [1.54, 1.807) is 0 Å². The maximum Gasteiger partial charge on any atom is 0.0270 e. The molecule has 0 aliphatic carbocycles. The summed E-state index contributed by atoms with van der Waals surface area (Å²) in [6, 6.07) is 4.30. The molecule has 0 saturated carbocycles. The fraction of sp³-hybridized carbons (Fsp3) is 0.529. The Labute approximate surface area is 116 Å². The van der Waals surface area contributed by atoms with Gasteiger partial charge in [-0.05, 0) is 30.5 Å². The summed E-state index contributed by atoms with van der Waals surface area (Å²) in [4.78, 5) is 8.37. The van der Waals surface area contributed by atoms with Crippen molar-refractivity contribution in [2.24, 2.45) is 4.99 Å². The first-order valence-electron chi connectivity index (χ1n) is 7.47. The Morgan fingerprint density at radius 3 is 2.58 bits per heavy atom. The van der Waals surface area contributed by atoms with E-state index in [-0.39, 0.29) is 5.41 Å². The van der Waals surface area contributed by atoms with Gasteiger partial charge >= 0.3 is 0 Å². The normalized spacial score (nSPS) is 21.7. The molecule has 1 unspecified atom stereocenters. The molecule has 1 aromatic heterocycles. The van der Waals surface area contributed by atoms with Crippen molar-refractivity contribution in [3.8, 4) is 0 Å². The van der Waals surface area contributed by atoms with Crippen LogP contribution in [0.25, 0.3) is 0 Å². The van der Waals surface area contributed by atoms with Crippen LogP contribution in [0.1, 0.15) is 57.4 Å². The van der Waals surface area contributed by atoms with Gasteiger partial charge in [-0.25, -0.2) is 0 Å². The lowest BCUT2D eigenvalue weighted by atomic mass is 9.73. The molecule has 0 radical (unpaired) electrons. The molecule has 0 saturated heterocycles. The van der Waals surface area contributed by atoms with Crippen LogP contribution in [0.5, 0.6) is 0 Å². The van der Waals surface area contributed by atoms with Gasteiger partial charge in [0.15, 0.2) is 0 Å². The lowest BCUT2D eigenvalue weighted by Gasteiger charge is -2.31. The molecule has 1 atom stereocenters. The first-order valence-corrected chi connectivity index (χ1v) is 7.47. The maximum absolute atomic E-state index is 4.23. The molecule has 0 spiro atoms. The number of rotatable bonds is 7. The van der Waals surface area contributed by atoms with E-state index in [1.807, 2.05) is 24.8 Å². The summed E-state index contributed by atoms with van der Waals surface area (Å²) in [6.45, 7) is 2.26. The van der Waals surface area contributed by atoms with Crippen LogP contribution in [0.3, 0.4) is 0 Å². The Morgan fingerprint density at radius 1 is 1.11 bits per heavy atom. The molecule has 102 valence electrons. The van der Waals surface area contributed by atoms with E-state index in [4.69, 9.17) is 0 Å². The first-order chi connectivity index (χ1) is 9.37. The average Bonchev–Trinajstić information content (AvgIpc) is 2.49. The van der Waals surface area contributed by atoms with Crippen LogP contribution in [0.2, 0.25) is 0 Å². The van der Waals surface area contributed by atoms with Gasteiger partial charge in [0.25, 0.3) is 0 Å². The molecule has 1 aliphatic heterocycles. The number of hydrogen-bond donors (Lipinski definition) is 0. The zero-order chi connectivity index (χ0) is 13.4. The molecule has 0 aromatic carbocycles. The second-order valence-corrected chi connectivity index (χ2v) is 5.41. The van der Waals surface area contributed by atoms with E-state index in [9.17, 15) is 0 Å². The van der Waals surface area contributed by atoms with Crippen LogP contribution in [-0.4, -0.2) is 11.2 Å². The van der Waals surface area contributed by atoms with Gasteiger partial charge < -0.3 is 0 Å². The maximum atomic E-state index is 4.23. The first kappa shape index (κ1) is 14.0. The minimum absolute atomic E-state index is 0.150. The molecule has 1 aromatic rings. The minimum Gasteiger partial charge on any atom is -0.269 e. The van der Waals surface area contributed by atoms with Crippen molar-refractivity contribution in [3.05, 3.63) is 42.4 Å². The molecular formula is C17H24N2. The SMILES string of the molecule is CCCCCCCC1(c2ccncc2)C=CN=CC1. The van der Waals surface area contributed by atoms with Gasteiger partial charge in [0.05, 0.1) is 0 Å². The summed E-state index contributed by atoms with van der Waals surface area (Å²) in [5.74, 6) is 0. The summed E-state index contributed by atoms with van der Waals surface area (Å²) in [7, 11) is 0.